The highest BCUT2D eigenvalue weighted by Crippen LogP contribution is 2.24. The van der Waals surface area contributed by atoms with E-state index in [1.54, 1.807) is 45.0 Å². The van der Waals surface area contributed by atoms with Gasteiger partial charge in [-0.25, -0.2) is 9.59 Å². The zero-order chi connectivity index (χ0) is 23.9. The minimum Gasteiger partial charge on any atom is -0.489 e. The number of rotatable bonds is 9. The van der Waals surface area contributed by atoms with Crippen LogP contribution in [0.1, 0.15) is 31.9 Å². The molecule has 0 fully saturated rings. The SMILES string of the molecule is CC(C)(C)OC(=O)NC(Cc1ccc(OCc2ccccc2)cc1)C(O)C(F)(F)C(=O)O. The summed E-state index contributed by atoms with van der Waals surface area (Å²) in [5, 5.41) is 21.0. The molecule has 0 radical (unpaired) electrons. The fourth-order valence-corrected chi connectivity index (χ4v) is 2.80. The number of aliphatic hydroxyl groups excluding tert-OH is 1. The van der Waals surface area contributed by atoms with Gasteiger partial charge in [-0.1, -0.05) is 42.5 Å². The molecule has 0 saturated heterocycles. The molecule has 0 bridgehead atoms. The summed E-state index contributed by atoms with van der Waals surface area (Å²) in [4.78, 5) is 23.0. The predicted octanol–water partition coefficient (Wildman–Crippen LogP) is 3.78. The van der Waals surface area contributed by atoms with Gasteiger partial charge in [0, 0.05) is 0 Å². The first kappa shape index (κ1) is 25.1. The third-order valence-corrected chi connectivity index (χ3v) is 4.37. The molecule has 0 heterocycles. The van der Waals surface area contributed by atoms with Crippen LogP contribution in [-0.2, 0) is 22.6 Å². The van der Waals surface area contributed by atoms with Crippen LogP contribution < -0.4 is 10.1 Å². The van der Waals surface area contributed by atoms with Crippen molar-refractivity contribution >= 4 is 12.1 Å². The van der Waals surface area contributed by atoms with Gasteiger partial charge < -0.3 is 25.0 Å². The van der Waals surface area contributed by atoms with Gasteiger partial charge in [-0.3, -0.25) is 0 Å². The summed E-state index contributed by atoms with van der Waals surface area (Å²) in [6.45, 7) is 5.08. The molecule has 0 saturated carbocycles. The topological polar surface area (TPSA) is 105 Å². The van der Waals surface area contributed by atoms with Crippen LogP contribution in [0.25, 0.3) is 0 Å². The Labute approximate surface area is 185 Å². The maximum atomic E-state index is 13.9. The number of carboxylic acid groups (broad SMARTS) is 1. The number of carbonyl (C=O) groups excluding carboxylic acids is 1. The predicted molar refractivity (Wildman–Crippen MR) is 113 cm³/mol. The molecule has 2 aromatic rings. The Morgan fingerprint density at radius 2 is 1.59 bits per heavy atom. The molecule has 3 N–H and O–H groups in total. The van der Waals surface area contributed by atoms with Crippen molar-refractivity contribution in [1.29, 1.82) is 0 Å². The van der Waals surface area contributed by atoms with E-state index in [1.807, 2.05) is 30.3 Å². The minimum atomic E-state index is -4.47. The second-order valence-corrected chi connectivity index (χ2v) is 8.25. The van der Waals surface area contributed by atoms with Gasteiger partial charge in [-0.2, -0.15) is 8.78 Å². The molecular weight excluding hydrogens is 424 g/mol. The van der Waals surface area contributed by atoms with Crippen LogP contribution in [0.2, 0.25) is 0 Å². The monoisotopic (exact) mass is 451 g/mol. The summed E-state index contributed by atoms with van der Waals surface area (Å²) < 4.78 is 38.6. The molecule has 2 rings (SSSR count). The van der Waals surface area contributed by atoms with Crippen LogP contribution in [0.5, 0.6) is 5.75 Å². The molecule has 9 heteroatoms. The Balaban J connectivity index is 2.11. The lowest BCUT2D eigenvalue weighted by molar-refractivity contribution is -0.185. The summed E-state index contributed by atoms with van der Waals surface area (Å²) in [5.41, 5.74) is 0.530. The number of alkyl carbamates (subject to hydrolysis) is 1. The largest absolute Gasteiger partial charge is 0.489 e. The maximum absolute atomic E-state index is 13.9. The molecule has 2 atom stereocenters. The van der Waals surface area contributed by atoms with Gasteiger partial charge in [0.15, 0.2) is 0 Å². The Kier molecular flexibility index (Phi) is 8.15. The van der Waals surface area contributed by atoms with Crippen LogP contribution in [0.3, 0.4) is 0 Å². The maximum Gasteiger partial charge on any atom is 0.407 e. The molecule has 7 nitrogen and oxygen atoms in total. The van der Waals surface area contributed by atoms with Gasteiger partial charge >= 0.3 is 18.0 Å². The number of alkyl halides is 2. The molecule has 0 aliphatic rings. The number of hydrogen-bond acceptors (Lipinski definition) is 5. The third kappa shape index (κ3) is 7.49. The second-order valence-electron chi connectivity index (χ2n) is 8.25. The fourth-order valence-electron chi connectivity index (χ4n) is 2.80. The van der Waals surface area contributed by atoms with Crippen LogP contribution in [-0.4, -0.2) is 45.9 Å². The van der Waals surface area contributed by atoms with E-state index in [2.05, 4.69) is 5.32 Å². The fraction of sp³-hybridized carbons (Fsp3) is 0.391. The average molecular weight is 451 g/mol. The lowest BCUT2D eigenvalue weighted by atomic mass is 9.97. The quantitative estimate of drug-likeness (QED) is 0.536. The van der Waals surface area contributed by atoms with E-state index in [9.17, 15) is 23.5 Å². The summed E-state index contributed by atoms with van der Waals surface area (Å²) >= 11 is 0. The summed E-state index contributed by atoms with van der Waals surface area (Å²) in [6.07, 6.45) is -3.99. The van der Waals surface area contributed by atoms with Crippen LogP contribution in [0.15, 0.2) is 54.6 Å². The van der Waals surface area contributed by atoms with Crippen LogP contribution in [0.4, 0.5) is 13.6 Å². The number of halogens is 2. The van der Waals surface area contributed by atoms with Crippen molar-refractivity contribution in [3.05, 3.63) is 65.7 Å². The number of hydrogen-bond donors (Lipinski definition) is 3. The number of carboxylic acids is 1. The van der Waals surface area contributed by atoms with Crippen LogP contribution in [0, 0.1) is 0 Å². The van der Waals surface area contributed by atoms with Gasteiger partial charge in [0.2, 0.25) is 0 Å². The van der Waals surface area contributed by atoms with E-state index in [1.165, 1.54) is 0 Å². The van der Waals surface area contributed by atoms with Crippen molar-refractivity contribution < 1.29 is 38.1 Å². The number of aliphatic carboxylic acids is 1. The van der Waals surface area contributed by atoms with Crippen molar-refractivity contribution in [1.82, 2.24) is 5.32 Å². The Bertz CT molecular complexity index is 897. The van der Waals surface area contributed by atoms with Gasteiger partial charge in [-0.05, 0) is 50.5 Å². The number of amides is 1. The Morgan fingerprint density at radius 1 is 1.00 bits per heavy atom. The zero-order valence-corrected chi connectivity index (χ0v) is 18.0. The molecular formula is C23H27F2NO6. The first-order chi connectivity index (χ1) is 14.9. The lowest BCUT2D eigenvalue weighted by Gasteiger charge is -2.29. The van der Waals surface area contributed by atoms with Crippen molar-refractivity contribution in [3.8, 4) is 5.75 Å². The number of benzene rings is 2. The highest BCUT2D eigenvalue weighted by Gasteiger charge is 2.51. The van der Waals surface area contributed by atoms with E-state index in [-0.39, 0.29) is 6.42 Å². The molecule has 2 aromatic carbocycles. The van der Waals surface area contributed by atoms with E-state index in [0.29, 0.717) is 17.9 Å². The lowest BCUT2D eigenvalue weighted by Crippen LogP contribution is -2.56. The van der Waals surface area contributed by atoms with Gasteiger partial charge in [0.25, 0.3) is 0 Å². The number of ether oxygens (including phenoxy) is 2. The number of nitrogens with one attached hydrogen (secondary N) is 1. The van der Waals surface area contributed by atoms with Crippen LogP contribution >= 0.6 is 0 Å². The number of carbonyl (C=O) groups is 2. The standard InChI is InChI=1S/C23H27F2NO6/c1-22(2,3)32-21(30)26-18(19(27)23(24,25)20(28)29)13-15-9-11-17(12-10-15)31-14-16-7-5-4-6-8-16/h4-12,18-19,27H,13-14H2,1-3H3,(H,26,30)(H,28,29). The highest BCUT2D eigenvalue weighted by atomic mass is 19.3. The molecule has 0 aliphatic heterocycles. The van der Waals surface area contributed by atoms with Crippen molar-refractivity contribution in [2.75, 3.05) is 0 Å². The molecule has 0 spiro atoms. The van der Waals surface area contributed by atoms with E-state index in [4.69, 9.17) is 14.6 Å². The first-order valence-corrected chi connectivity index (χ1v) is 9.93. The van der Waals surface area contributed by atoms with Gasteiger partial charge in [0.1, 0.15) is 24.1 Å². The zero-order valence-electron chi connectivity index (χ0n) is 18.0. The van der Waals surface area contributed by atoms with Crippen molar-refractivity contribution in [2.24, 2.45) is 0 Å². The molecule has 1 amide bonds. The second kappa shape index (κ2) is 10.4. The van der Waals surface area contributed by atoms with E-state index >= 15 is 0 Å². The normalized spacial score (nSPS) is 13.7. The minimum absolute atomic E-state index is 0.262. The summed E-state index contributed by atoms with van der Waals surface area (Å²) in [6, 6.07) is 14.3. The molecule has 174 valence electrons. The Morgan fingerprint density at radius 3 is 2.12 bits per heavy atom. The molecule has 2 unspecified atom stereocenters. The molecule has 0 aromatic heterocycles. The van der Waals surface area contributed by atoms with Gasteiger partial charge in [-0.15, -0.1) is 0 Å². The van der Waals surface area contributed by atoms with Crippen molar-refractivity contribution in [2.45, 2.75) is 57.5 Å². The van der Waals surface area contributed by atoms with Crippen molar-refractivity contribution in [3.63, 3.8) is 0 Å². The average Bonchev–Trinajstić information content (AvgIpc) is 2.71. The Hall–Kier alpha value is -3.20. The van der Waals surface area contributed by atoms with E-state index in [0.717, 1.165) is 5.56 Å². The van der Waals surface area contributed by atoms with Gasteiger partial charge in [0.05, 0.1) is 6.04 Å². The van der Waals surface area contributed by atoms with E-state index < -0.39 is 35.7 Å². The molecule has 0 aliphatic carbocycles. The smallest absolute Gasteiger partial charge is 0.407 e. The first-order valence-electron chi connectivity index (χ1n) is 9.93. The number of aliphatic hydroxyl groups is 1. The summed E-state index contributed by atoms with van der Waals surface area (Å²) in [7, 11) is 0. The highest BCUT2D eigenvalue weighted by molar-refractivity contribution is 5.76. The summed E-state index contributed by atoms with van der Waals surface area (Å²) in [5.74, 6) is -6.44. The third-order valence-electron chi connectivity index (χ3n) is 4.37. The molecule has 32 heavy (non-hydrogen) atoms.